The summed E-state index contributed by atoms with van der Waals surface area (Å²) in [6.07, 6.45) is 2.26. The van der Waals surface area contributed by atoms with Crippen molar-refractivity contribution in [3.8, 4) is 0 Å². The third kappa shape index (κ3) is 3.28. The molecule has 19 heavy (non-hydrogen) atoms. The average Bonchev–Trinajstić information content (AvgIpc) is 3.20. The van der Waals surface area contributed by atoms with Gasteiger partial charge in [0.25, 0.3) is 0 Å². The van der Waals surface area contributed by atoms with Crippen molar-refractivity contribution in [2.24, 2.45) is 11.8 Å². The fourth-order valence-corrected chi connectivity index (χ4v) is 2.18. The topological polar surface area (TPSA) is 46.3 Å². The average molecular weight is 260 g/mol. The van der Waals surface area contributed by atoms with Crippen molar-refractivity contribution in [2.45, 2.75) is 46.2 Å². The molecule has 0 aromatic heterocycles. The second-order valence-corrected chi connectivity index (χ2v) is 5.93. The summed E-state index contributed by atoms with van der Waals surface area (Å²) in [5.74, 6) is 0.716. The van der Waals surface area contributed by atoms with Crippen LogP contribution < -0.4 is 5.73 Å². The molecule has 3 nitrogen and oxygen atoms in total. The lowest BCUT2D eigenvalue weighted by molar-refractivity contribution is -0.137. The molecule has 104 valence electrons. The second kappa shape index (κ2) is 5.64. The monoisotopic (exact) mass is 260 g/mol. The van der Waals surface area contributed by atoms with Crippen molar-refractivity contribution < 1.29 is 4.79 Å². The van der Waals surface area contributed by atoms with Crippen molar-refractivity contribution in [3.05, 3.63) is 29.8 Å². The van der Waals surface area contributed by atoms with Gasteiger partial charge in [0.05, 0.1) is 0 Å². The summed E-state index contributed by atoms with van der Waals surface area (Å²) in [6, 6.07) is 8.24. The zero-order valence-corrected chi connectivity index (χ0v) is 12.1. The smallest absolute Gasteiger partial charge is 0.226 e. The van der Waals surface area contributed by atoms with E-state index in [1.54, 1.807) is 0 Å². The van der Waals surface area contributed by atoms with E-state index in [1.165, 1.54) is 0 Å². The third-order valence-electron chi connectivity index (χ3n) is 4.06. The molecular weight excluding hydrogens is 236 g/mol. The number of hydrogen-bond acceptors (Lipinski definition) is 2. The summed E-state index contributed by atoms with van der Waals surface area (Å²) in [4.78, 5) is 14.6. The summed E-state index contributed by atoms with van der Waals surface area (Å²) in [5.41, 5.74) is 7.82. The van der Waals surface area contributed by atoms with Gasteiger partial charge in [-0.05, 0) is 30.4 Å². The molecule has 1 unspecified atom stereocenters. The number of carbonyl (C=O) groups excluding carboxylic acids is 1. The SMILES string of the molecule is CC(C)C(C)C(=O)N(Cc1ccccc1N)C1CC1. The summed E-state index contributed by atoms with van der Waals surface area (Å²) < 4.78 is 0. The van der Waals surface area contributed by atoms with Crippen LogP contribution in [-0.2, 0) is 11.3 Å². The Morgan fingerprint density at radius 2 is 1.95 bits per heavy atom. The Morgan fingerprint density at radius 1 is 1.32 bits per heavy atom. The lowest BCUT2D eigenvalue weighted by Crippen LogP contribution is -2.38. The molecule has 0 saturated heterocycles. The van der Waals surface area contributed by atoms with Gasteiger partial charge in [-0.3, -0.25) is 4.79 Å². The molecule has 1 aliphatic rings. The molecule has 2 rings (SSSR count). The van der Waals surface area contributed by atoms with Crippen molar-refractivity contribution in [1.29, 1.82) is 0 Å². The fraction of sp³-hybridized carbons (Fsp3) is 0.562. The summed E-state index contributed by atoms with van der Waals surface area (Å²) in [7, 11) is 0. The van der Waals surface area contributed by atoms with E-state index in [0.717, 1.165) is 24.1 Å². The molecule has 3 heteroatoms. The van der Waals surface area contributed by atoms with Crippen LogP contribution in [-0.4, -0.2) is 16.8 Å². The van der Waals surface area contributed by atoms with Gasteiger partial charge in [0.15, 0.2) is 0 Å². The van der Waals surface area contributed by atoms with Gasteiger partial charge in [-0.25, -0.2) is 0 Å². The van der Waals surface area contributed by atoms with Gasteiger partial charge >= 0.3 is 0 Å². The minimum atomic E-state index is 0.0746. The van der Waals surface area contributed by atoms with E-state index in [2.05, 4.69) is 13.8 Å². The molecule has 1 fully saturated rings. The van der Waals surface area contributed by atoms with E-state index < -0.39 is 0 Å². The summed E-state index contributed by atoms with van der Waals surface area (Å²) in [5, 5.41) is 0. The Labute approximate surface area is 115 Å². The maximum absolute atomic E-state index is 12.6. The lowest BCUT2D eigenvalue weighted by Gasteiger charge is -2.28. The second-order valence-electron chi connectivity index (χ2n) is 5.93. The fourth-order valence-electron chi connectivity index (χ4n) is 2.18. The van der Waals surface area contributed by atoms with E-state index >= 15 is 0 Å². The molecule has 0 radical (unpaired) electrons. The Morgan fingerprint density at radius 3 is 2.47 bits per heavy atom. The number of benzene rings is 1. The van der Waals surface area contributed by atoms with Crippen LogP contribution in [0.2, 0.25) is 0 Å². The van der Waals surface area contributed by atoms with Gasteiger partial charge in [-0.1, -0.05) is 39.0 Å². The highest BCUT2D eigenvalue weighted by Crippen LogP contribution is 2.31. The number of amides is 1. The normalized spacial score (nSPS) is 16.4. The van der Waals surface area contributed by atoms with Crippen LogP contribution in [0.3, 0.4) is 0 Å². The molecule has 0 spiro atoms. The van der Waals surface area contributed by atoms with E-state index in [1.807, 2.05) is 36.1 Å². The predicted octanol–water partition coefficient (Wildman–Crippen LogP) is 3.05. The van der Waals surface area contributed by atoms with Crippen LogP contribution in [0.4, 0.5) is 5.69 Å². The Balaban J connectivity index is 2.13. The Hall–Kier alpha value is -1.51. The van der Waals surface area contributed by atoms with Crippen LogP contribution in [0.5, 0.6) is 0 Å². The largest absolute Gasteiger partial charge is 0.398 e. The maximum atomic E-state index is 12.6. The molecule has 1 amide bonds. The maximum Gasteiger partial charge on any atom is 0.226 e. The minimum Gasteiger partial charge on any atom is -0.398 e. The van der Waals surface area contributed by atoms with Gasteiger partial charge in [-0.2, -0.15) is 0 Å². The number of nitrogens with zero attached hydrogens (tertiary/aromatic N) is 1. The third-order valence-corrected chi connectivity index (χ3v) is 4.06. The summed E-state index contributed by atoms with van der Waals surface area (Å²) >= 11 is 0. The lowest BCUT2D eigenvalue weighted by atomic mass is 9.96. The number of hydrogen-bond donors (Lipinski definition) is 1. The molecule has 1 saturated carbocycles. The van der Waals surface area contributed by atoms with Crippen molar-refractivity contribution in [3.63, 3.8) is 0 Å². The highest BCUT2D eigenvalue weighted by Gasteiger charge is 2.35. The van der Waals surface area contributed by atoms with E-state index in [-0.39, 0.29) is 11.8 Å². The Kier molecular flexibility index (Phi) is 4.13. The molecule has 1 atom stereocenters. The van der Waals surface area contributed by atoms with Crippen molar-refractivity contribution >= 4 is 11.6 Å². The minimum absolute atomic E-state index is 0.0746. The number of nitrogens with two attached hydrogens (primary N) is 1. The predicted molar refractivity (Wildman–Crippen MR) is 78.4 cm³/mol. The van der Waals surface area contributed by atoms with Gasteiger partial charge in [0, 0.05) is 24.2 Å². The first-order valence-corrected chi connectivity index (χ1v) is 7.14. The highest BCUT2D eigenvalue weighted by molar-refractivity contribution is 5.79. The van der Waals surface area contributed by atoms with Crippen LogP contribution in [0.15, 0.2) is 24.3 Å². The standard InChI is InChI=1S/C16H24N2O/c1-11(2)12(3)16(19)18(14-8-9-14)10-13-6-4-5-7-15(13)17/h4-7,11-12,14H,8-10,17H2,1-3H3. The van der Waals surface area contributed by atoms with Crippen LogP contribution in [0.1, 0.15) is 39.2 Å². The molecule has 0 aliphatic heterocycles. The molecular formula is C16H24N2O. The number of nitrogen functional groups attached to an aromatic ring is 1. The molecule has 0 bridgehead atoms. The van der Waals surface area contributed by atoms with E-state index in [4.69, 9.17) is 5.73 Å². The number of carbonyl (C=O) groups is 1. The first-order chi connectivity index (χ1) is 9.00. The molecule has 1 aliphatic carbocycles. The highest BCUT2D eigenvalue weighted by atomic mass is 16.2. The molecule has 1 aromatic rings. The van der Waals surface area contributed by atoms with Gasteiger partial charge in [-0.15, -0.1) is 0 Å². The van der Waals surface area contributed by atoms with Crippen LogP contribution in [0.25, 0.3) is 0 Å². The van der Waals surface area contributed by atoms with Crippen LogP contribution >= 0.6 is 0 Å². The quantitative estimate of drug-likeness (QED) is 0.827. The van der Waals surface area contributed by atoms with Crippen molar-refractivity contribution in [2.75, 3.05) is 5.73 Å². The molecule has 0 heterocycles. The number of anilines is 1. The zero-order chi connectivity index (χ0) is 14.0. The molecule has 2 N–H and O–H groups in total. The number of para-hydroxylation sites is 1. The first-order valence-electron chi connectivity index (χ1n) is 7.14. The van der Waals surface area contributed by atoms with Gasteiger partial charge < -0.3 is 10.6 Å². The van der Waals surface area contributed by atoms with Crippen LogP contribution in [0, 0.1) is 11.8 Å². The van der Waals surface area contributed by atoms with Gasteiger partial charge in [0.1, 0.15) is 0 Å². The van der Waals surface area contributed by atoms with E-state index in [0.29, 0.717) is 18.5 Å². The zero-order valence-electron chi connectivity index (χ0n) is 12.1. The summed E-state index contributed by atoms with van der Waals surface area (Å²) in [6.45, 7) is 6.87. The number of rotatable bonds is 5. The molecule has 1 aromatic carbocycles. The van der Waals surface area contributed by atoms with Crippen molar-refractivity contribution in [1.82, 2.24) is 4.90 Å². The van der Waals surface area contributed by atoms with E-state index in [9.17, 15) is 4.79 Å². The van der Waals surface area contributed by atoms with Gasteiger partial charge in [0.2, 0.25) is 5.91 Å². The first kappa shape index (κ1) is 13.9. The Bertz CT molecular complexity index is 452.